The van der Waals surface area contributed by atoms with Gasteiger partial charge < -0.3 is 5.73 Å². The Bertz CT molecular complexity index is 1060. The lowest BCUT2D eigenvalue weighted by molar-refractivity contribution is -0.116. The number of thiophene rings is 1. The molecular weight excluding hydrogens is 373 g/mol. The Labute approximate surface area is 167 Å². The predicted octanol–water partition coefficient (Wildman–Crippen LogP) is 4.75. The summed E-state index contributed by atoms with van der Waals surface area (Å²) in [5.41, 5.74) is 8.31. The Hall–Kier alpha value is -2.91. The topological polar surface area (TPSA) is 70.1 Å². The third kappa shape index (κ3) is 2.83. The van der Waals surface area contributed by atoms with Gasteiger partial charge in [-0.2, -0.15) is 5.26 Å². The van der Waals surface area contributed by atoms with E-state index in [0.29, 0.717) is 36.1 Å². The lowest BCUT2D eigenvalue weighted by atomic mass is 9.78. The molecule has 2 N–H and O–H groups in total. The number of carbonyl (C=O) groups is 1. The zero-order valence-corrected chi connectivity index (χ0v) is 16.4. The van der Waals surface area contributed by atoms with E-state index in [1.807, 2.05) is 12.1 Å². The number of hydrogen-bond donors (Lipinski definition) is 1. The first-order valence-corrected chi connectivity index (χ1v) is 10.2. The number of nitrogens with zero attached hydrogens (tertiary/aromatic N) is 2. The summed E-state index contributed by atoms with van der Waals surface area (Å²) in [4.78, 5) is 16.7. The molecule has 1 aliphatic heterocycles. The second kappa shape index (κ2) is 7.25. The molecule has 0 bridgehead atoms. The van der Waals surface area contributed by atoms with Crippen LogP contribution in [0.2, 0.25) is 0 Å². The van der Waals surface area contributed by atoms with Gasteiger partial charge in [-0.25, -0.2) is 4.39 Å². The van der Waals surface area contributed by atoms with Gasteiger partial charge in [0.1, 0.15) is 11.6 Å². The van der Waals surface area contributed by atoms with Crippen molar-refractivity contribution in [2.24, 2.45) is 5.73 Å². The molecule has 0 fully saturated rings. The van der Waals surface area contributed by atoms with Crippen molar-refractivity contribution in [1.29, 1.82) is 5.26 Å². The van der Waals surface area contributed by atoms with Gasteiger partial charge >= 0.3 is 0 Å². The van der Waals surface area contributed by atoms with Crippen molar-refractivity contribution < 1.29 is 9.18 Å². The highest BCUT2D eigenvalue weighted by molar-refractivity contribution is 7.12. The fraction of sp³-hybridized carbons (Fsp3) is 0.273. The number of para-hydroxylation sites is 1. The molecular formula is C22H20FN3OS. The van der Waals surface area contributed by atoms with E-state index in [-0.39, 0.29) is 17.3 Å². The minimum Gasteiger partial charge on any atom is -0.384 e. The lowest BCUT2D eigenvalue weighted by Gasteiger charge is -2.39. The van der Waals surface area contributed by atoms with Crippen molar-refractivity contribution in [3.05, 3.63) is 74.6 Å². The maximum atomic E-state index is 14.6. The standard InChI is InChI=1S/C22H20FN3OS/c1-2-13-10-11-19(28-13)20-14(12-24)22(25)26(16-7-4-3-6-15(16)23)17-8-5-9-18(27)21(17)20/h3-4,6-7,10-11,20H,2,5,8-9,25H2,1H3. The number of nitriles is 1. The Morgan fingerprint density at radius 2 is 2.07 bits per heavy atom. The monoisotopic (exact) mass is 393 g/mol. The largest absolute Gasteiger partial charge is 0.384 e. The minimum absolute atomic E-state index is 0.0132. The van der Waals surface area contributed by atoms with E-state index in [4.69, 9.17) is 5.73 Å². The number of halogens is 1. The molecule has 6 heteroatoms. The SMILES string of the molecule is CCc1ccc(C2C(C#N)=C(N)N(c3ccccc3F)C3=C2C(=O)CCC3)s1. The average molecular weight is 393 g/mol. The van der Waals surface area contributed by atoms with Gasteiger partial charge in [0.05, 0.1) is 23.2 Å². The van der Waals surface area contributed by atoms with Gasteiger partial charge in [0.25, 0.3) is 0 Å². The van der Waals surface area contributed by atoms with Crippen molar-refractivity contribution in [1.82, 2.24) is 0 Å². The van der Waals surface area contributed by atoms with E-state index < -0.39 is 11.7 Å². The zero-order chi connectivity index (χ0) is 19.8. The summed E-state index contributed by atoms with van der Waals surface area (Å²) in [5, 5.41) is 9.93. The third-order valence-electron chi connectivity index (χ3n) is 5.32. The fourth-order valence-corrected chi connectivity index (χ4v) is 5.09. The van der Waals surface area contributed by atoms with Crippen molar-refractivity contribution >= 4 is 22.8 Å². The normalized spacial score (nSPS) is 19.7. The molecule has 0 amide bonds. The molecule has 0 saturated carbocycles. The summed E-state index contributed by atoms with van der Waals surface area (Å²) in [6.45, 7) is 2.07. The van der Waals surface area contributed by atoms with Crippen LogP contribution in [0.4, 0.5) is 10.1 Å². The number of hydrogen-bond acceptors (Lipinski definition) is 5. The first-order chi connectivity index (χ1) is 13.6. The highest BCUT2D eigenvalue weighted by Crippen LogP contribution is 2.47. The second-order valence-corrected chi connectivity index (χ2v) is 8.13. The predicted molar refractivity (Wildman–Crippen MR) is 108 cm³/mol. The van der Waals surface area contributed by atoms with Gasteiger partial charge in [0.15, 0.2) is 5.78 Å². The average Bonchev–Trinajstić information content (AvgIpc) is 3.17. The fourth-order valence-electron chi connectivity index (χ4n) is 4.02. The summed E-state index contributed by atoms with van der Waals surface area (Å²) in [7, 11) is 0. The van der Waals surface area contributed by atoms with Crippen molar-refractivity contribution in [2.75, 3.05) is 4.90 Å². The molecule has 4 rings (SSSR count). The molecule has 1 unspecified atom stereocenters. The summed E-state index contributed by atoms with van der Waals surface area (Å²) < 4.78 is 14.6. The molecule has 2 heterocycles. The first kappa shape index (κ1) is 18.5. The maximum Gasteiger partial charge on any atom is 0.161 e. The van der Waals surface area contributed by atoms with Gasteiger partial charge in [-0.15, -0.1) is 11.3 Å². The van der Waals surface area contributed by atoms with Crippen LogP contribution in [0.25, 0.3) is 0 Å². The van der Waals surface area contributed by atoms with Gasteiger partial charge in [-0.1, -0.05) is 19.1 Å². The molecule has 28 heavy (non-hydrogen) atoms. The molecule has 0 spiro atoms. The van der Waals surface area contributed by atoms with Crippen LogP contribution in [0.3, 0.4) is 0 Å². The summed E-state index contributed by atoms with van der Waals surface area (Å²) in [6, 6.07) is 12.5. The lowest BCUT2D eigenvalue weighted by Crippen LogP contribution is -2.39. The van der Waals surface area contributed by atoms with Gasteiger partial charge in [0.2, 0.25) is 0 Å². The summed E-state index contributed by atoms with van der Waals surface area (Å²) >= 11 is 1.60. The number of nitrogens with two attached hydrogens (primary N) is 1. The zero-order valence-electron chi connectivity index (χ0n) is 15.5. The smallest absolute Gasteiger partial charge is 0.161 e. The van der Waals surface area contributed by atoms with Crippen LogP contribution < -0.4 is 10.6 Å². The molecule has 0 saturated heterocycles. The van der Waals surface area contributed by atoms with Crippen molar-refractivity contribution in [3.63, 3.8) is 0 Å². The van der Waals surface area contributed by atoms with Gasteiger partial charge in [0, 0.05) is 27.4 Å². The molecule has 1 aromatic heterocycles. The molecule has 1 atom stereocenters. The molecule has 1 aromatic carbocycles. The quantitative estimate of drug-likeness (QED) is 0.817. The Morgan fingerprint density at radius 1 is 1.29 bits per heavy atom. The summed E-state index contributed by atoms with van der Waals surface area (Å²) in [6.07, 6.45) is 2.64. The van der Waals surface area contributed by atoms with E-state index in [2.05, 4.69) is 13.0 Å². The number of benzene rings is 1. The molecule has 142 valence electrons. The van der Waals surface area contributed by atoms with Crippen LogP contribution in [0, 0.1) is 17.1 Å². The first-order valence-electron chi connectivity index (χ1n) is 9.36. The molecule has 2 aromatic rings. The van der Waals surface area contributed by atoms with Crippen LogP contribution >= 0.6 is 11.3 Å². The van der Waals surface area contributed by atoms with Crippen LogP contribution in [0.1, 0.15) is 41.9 Å². The van der Waals surface area contributed by atoms with Crippen LogP contribution in [-0.2, 0) is 11.2 Å². The number of carbonyl (C=O) groups excluding carboxylic acids is 1. The highest BCUT2D eigenvalue weighted by atomic mass is 32.1. The van der Waals surface area contributed by atoms with Crippen LogP contribution in [-0.4, -0.2) is 5.78 Å². The van der Waals surface area contributed by atoms with Crippen LogP contribution in [0.15, 0.2) is 59.1 Å². The number of anilines is 1. The number of allylic oxidation sites excluding steroid dienone is 3. The number of rotatable bonds is 3. The summed E-state index contributed by atoms with van der Waals surface area (Å²) in [5.74, 6) is -0.687. The maximum absolute atomic E-state index is 14.6. The van der Waals surface area contributed by atoms with Gasteiger partial charge in [-0.3, -0.25) is 9.69 Å². The molecule has 4 nitrogen and oxygen atoms in total. The Morgan fingerprint density at radius 3 is 2.75 bits per heavy atom. The van der Waals surface area contributed by atoms with E-state index in [1.54, 1.807) is 34.4 Å². The van der Waals surface area contributed by atoms with E-state index in [0.717, 1.165) is 11.3 Å². The van der Waals surface area contributed by atoms with E-state index in [9.17, 15) is 14.4 Å². The van der Waals surface area contributed by atoms with Crippen LogP contribution in [0.5, 0.6) is 0 Å². The third-order valence-corrected chi connectivity index (χ3v) is 6.62. The van der Waals surface area contributed by atoms with E-state index in [1.165, 1.54) is 10.9 Å². The van der Waals surface area contributed by atoms with Crippen molar-refractivity contribution in [3.8, 4) is 6.07 Å². The number of aryl methyl sites for hydroxylation is 1. The molecule has 2 aliphatic rings. The van der Waals surface area contributed by atoms with Gasteiger partial charge in [-0.05, 0) is 43.5 Å². The second-order valence-electron chi connectivity index (χ2n) is 6.93. The van der Waals surface area contributed by atoms with E-state index >= 15 is 0 Å². The minimum atomic E-state index is -0.471. The Balaban J connectivity index is 1.97. The van der Waals surface area contributed by atoms with Crippen molar-refractivity contribution in [2.45, 2.75) is 38.5 Å². The Kier molecular flexibility index (Phi) is 4.78. The highest BCUT2D eigenvalue weighted by Gasteiger charge is 2.41. The number of Topliss-reactive ketones (excluding diaryl/α,β-unsaturated/α-hetero) is 1. The molecule has 0 radical (unpaired) electrons. The number of ketones is 1. The molecule has 1 aliphatic carbocycles.